The molecule has 1 heterocycles. The highest BCUT2D eigenvalue weighted by molar-refractivity contribution is 7.92. The minimum atomic E-state index is -3.75. The maximum atomic E-state index is 12.8. The molecule has 0 saturated heterocycles. The number of anilines is 1. The lowest BCUT2D eigenvalue weighted by molar-refractivity contribution is 0.305. The number of sulfonamides is 1. The van der Waals surface area contributed by atoms with Gasteiger partial charge in [0.05, 0.1) is 5.69 Å². The van der Waals surface area contributed by atoms with E-state index in [1.54, 1.807) is 19.9 Å². The van der Waals surface area contributed by atoms with Crippen LogP contribution in [0.4, 0.5) is 5.69 Å². The number of aromatic nitrogens is 1. The summed E-state index contributed by atoms with van der Waals surface area (Å²) < 4.78 is 33.4. The molecule has 0 bridgehead atoms. The Bertz CT molecular complexity index is 867. The largest absolute Gasteiger partial charge is 0.360 e. The Hall–Kier alpha value is -1.86. The van der Waals surface area contributed by atoms with Crippen molar-refractivity contribution in [2.24, 2.45) is 5.92 Å². The van der Waals surface area contributed by atoms with Crippen LogP contribution >= 0.6 is 0 Å². The van der Waals surface area contributed by atoms with Crippen LogP contribution in [0.1, 0.15) is 62.5 Å². The Balaban J connectivity index is 1.66. The second kappa shape index (κ2) is 9.09. The third-order valence-corrected chi connectivity index (χ3v) is 7.16. The molecule has 1 aromatic heterocycles. The molecule has 2 N–H and O–H groups in total. The molecule has 1 aliphatic carbocycles. The van der Waals surface area contributed by atoms with Crippen LogP contribution in [-0.2, 0) is 16.6 Å². The minimum Gasteiger partial charge on any atom is -0.360 e. The highest BCUT2D eigenvalue weighted by atomic mass is 32.2. The summed E-state index contributed by atoms with van der Waals surface area (Å²) in [5.41, 5.74) is 1.87. The molecule has 1 atom stereocenters. The lowest BCUT2D eigenvalue weighted by Crippen LogP contribution is -2.29. The van der Waals surface area contributed by atoms with Crippen LogP contribution in [0.2, 0.25) is 0 Å². The normalized spacial score (nSPS) is 16.8. The molecule has 0 unspecified atom stereocenters. The number of para-hydroxylation sites is 1. The van der Waals surface area contributed by atoms with E-state index >= 15 is 0 Å². The third kappa shape index (κ3) is 5.14. The van der Waals surface area contributed by atoms with Gasteiger partial charge in [-0.3, -0.25) is 4.72 Å². The van der Waals surface area contributed by atoms with Gasteiger partial charge in [0, 0.05) is 12.6 Å². The van der Waals surface area contributed by atoms with Crippen LogP contribution in [0.5, 0.6) is 0 Å². The van der Waals surface area contributed by atoms with Crippen molar-refractivity contribution in [1.29, 1.82) is 0 Å². The summed E-state index contributed by atoms with van der Waals surface area (Å²) >= 11 is 0. The average molecular weight is 406 g/mol. The van der Waals surface area contributed by atoms with Crippen LogP contribution in [-0.4, -0.2) is 19.6 Å². The first-order chi connectivity index (χ1) is 13.4. The molecular weight excluding hydrogens is 374 g/mol. The Morgan fingerprint density at radius 3 is 2.57 bits per heavy atom. The van der Waals surface area contributed by atoms with Crippen LogP contribution < -0.4 is 10.0 Å². The van der Waals surface area contributed by atoms with E-state index in [4.69, 9.17) is 4.52 Å². The molecule has 1 aliphatic rings. The van der Waals surface area contributed by atoms with Crippen molar-refractivity contribution >= 4 is 15.7 Å². The summed E-state index contributed by atoms with van der Waals surface area (Å²) in [5, 5.41) is 7.32. The van der Waals surface area contributed by atoms with Gasteiger partial charge in [-0.2, -0.15) is 0 Å². The summed E-state index contributed by atoms with van der Waals surface area (Å²) in [6.07, 6.45) is 7.91. The van der Waals surface area contributed by atoms with Crippen molar-refractivity contribution in [2.45, 2.75) is 76.8 Å². The molecule has 154 valence electrons. The standard InChI is InChI=1S/C21H31N3O3S/c1-15(13-18-9-5-4-6-10-18)22-14-19-11-7-8-12-20(19)24-28(25,26)21-16(2)23-27-17(21)3/h7-8,11-12,15,18,22,24H,4-6,9-10,13-14H2,1-3H3/t15-/m0/s1. The molecule has 1 saturated carbocycles. The van der Waals surface area contributed by atoms with Crippen molar-refractivity contribution in [1.82, 2.24) is 10.5 Å². The minimum absolute atomic E-state index is 0.112. The van der Waals surface area contributed by atoms with Gasteiger partial charge in [0.25, 0.3) is 10.0 Å². The zero-order chi connectivity index (χ0) is 20.1. The zero-order valence-corrected chi connectivity index (χ0v) is 17.8. The second-order valence-corrected chi connectivity index (χ2v) is 9.56. The first-order valence-electron chi connectivity index (χ1n) is 10.1. The predicted octanol–water partition coefficient (Wildman–Crippen LogP) is 4.54. The number of aryl methyl sites for hydroxylation is 2. The average Bonchev–Trinajstić information content (AvgIpc) is 3.01. The summed E-state index contributed by atoms with van der Waals surface area (Å²) in [4.78, 5) is 0.112. The number of nitrogens with zero attached hydrogens (tertiary/aromatic N) is 1. The molecule has 0 radical (unpaired) electrons. The second-order valence-electron chi connectivity index (χ2n) is 7.94. The van der Waals surface area contributed by atoms with Gasteiger partial charge in [0.1, 0.15) is 5.69 Å². The first kappa shape index (κ1) is 20.9. The molecule has 3 rings (SSSR count). The van der Waals surface area contributed by atoms with Gasteiger partial charge in [0.2, 0.25) is 0 Å². The molecule has 1 aromatic carbocycles. The van der Waals surface area contributed by atoms with Crippen LogP contribution in [0.15, 0.2) is 33.7 Å². The number of hydrogen-bond donors (Lipinski definition) is 2. The molecular formula is C21H31N3O3S. The lowest BCUT2D eigenvalue weighted by atomic mass is 9.85. The zero-order valence-electron chi connectivity index (χ0n) is 17.0. The molecule has 0 aliphatic heterocycles. The maximum absolute atomic E-state index is 12.8. The summed E-state index contributed by atoms with van der Waals surface area (Å²) in [7, 11) is -3.75. The molecule has 0 amide bonds. The molecule has 1 fully saturated rings. The van der Waals surface area contributed by atoms with Gasteiger partial charge in [-0.05, 0) is 44.7 Å². The van der Waals surface area contributed by atoms with E-state index in [1.165, 1.54) is 38.5 Å². The van der Waals surface area contributed by atoms with Gasteiger partial charge in [-0.15, -0.1) is 0 Å². The van der Waals surface area contributed by atoms with Crippen molar-refractivity contribution in [3.05, 3.63) is 41.3 Å². The van der Waals surface area contributed by atoms with E-state index in [0.717, 1.165) is 11.5 Å². The topological polar surface area (TPSA) is 84.2 Å². The Labute approximate surface area is 168 Å². The van der Waals surface area contributed by atoms with E-state index < -0.39 is 10.0 Å². The van der Waals surface area contributed by atoms with Crippen molar-refractivity contribution in [3.8, 4) is 0 Å². The highest BCUT2D eigenvalue weighted by Crippen LogP contribution is 2.28. The SMILES string of the molecule is Cc1noc(C)c1S(=O)(=O)Nc1ccccc1CN[C@@H](C)CC1CCCCC1. The molecule has 0 spiro atoms. The third-order valence-electron chi connectivity index (χ3n) is 5.55. The van der Waals surface area contributed by atoms with E-state index in [-0.39, 0.29) is 4.90 Å². The quantitative estimate of drug-likeness (QED) is 0.673. The van der Waals surface area contributed by atoms with Crippen LogP contribution in [0.3, 0.4) is 0 Å². The fourth-order valence-electron chi connectivity index (χ4n) is 4.12. The van der Waals surface area contributed by atoms with Gasteiger partial charge < -0.3 is 9.84 Å². The van der Waals surface area contributed by atoms with E-state index in [2.05, 4.69) is 22.1 Å². The molecule has 28 heavy (non-hydrogen) atoms. The smallest absolute Gasteiger partial charge is 0.267 e. The number of hydrogen-bond acceptors (Lipinski definition) is 5. The van der Waals surface area contributed by atoms with Crippen LogP contribution in [0, 0.1) is 19.8 Å². The number of benzene rings is 1. The summed E-state index contributed by atoms with van der Waals surface area (Å²) in [6.45, 7) is 6.07. The molecule has 2 aromatic rings. The van der Waals surface area contributed by atoms with E-state index in [9.17, 15) is 8.42 Å². The fourth-order valence-corrected chi connectivity index (χ4v) is 5.55. The summed E-state index contributed by atoms with van der Waals surface area (Å²) in [5.74, 6) is 1.10. The Kier molecular flexibility index (Phi) is 6.78. The fraction of sp³-hybridized carbons (Fsp3) is 0.571. The molecule has 6 nitrogen and oxygen atoms in total. The van der Waals surface area contributed by atoms with Gasteiger partial charge in [-0.25, -0.2) is 8.42 Å². The monoisotopic (exact) mass is 405 g/mol. The Morgan fingerprint density at radius 2 is 1.89 bits per heavy atom. The van der Waals surface area contributed by atoms with E-state index in [1.807, 2.05) is 18.2 Å². The van der Waals surface area contributed by atoms with Crippen molar-refractivity contribution in [2.75, 3.05) is 4.72 Å². The van der Waals surface area contributed by atoms with Crippen LogP contribution in [0.25, 0.3) is 0 Å². The molecule has 7 heteroatoms. The maximum Gasteiger partial charge on any atom is 0.267 e. The first-order valence-corrected chi connectivity index (χ1v) is 11.6. The predicted molar refractivity (Wildman–Crippen MR) is 111 cm³/mol. The van der Waals surface area contributed by atoms with Gasteiger partial charge in [0.15, 0.2) is 10.7 Å². The number of nitrogens with one attached hydrogen (secondary N) is 2. The van der Waals surface area contributed by atoms with Crippen molar-refractivity contribution < 1.29 is 12.9 Å². The lowest BCUT2D eigenvalue weighted by Gasteiger charge is -2.25. The van der Waals surface area contributed by atoms with Gasteiger partial charge >= 0.3 is 0 Å². The Morgan fingerprint density at radius 1 is 1.18 bits per heavy atom. The van der Waals surface area contributed by atoms with Gasteiger partial charge in [-0.1, -0.05) is 55.5 Å². The highest BCUT2D eigenvalue weighted by Gasteiger charge is 2.25. The van der Waals surface area contributed by atoms with E-state index in [0.29, 0.717) is 29.7 Å². The van der Waals surface area contributed by atoms with Crippen molar-refractivity contribution in [3.63, 3.8) is 0 Å². The summed E-state index contributed by atoms with van der Waals surface area (Å²) in [6, 6.07) is 7.90. The number of rotatable bonds is 8.